The molecule has 6 nitrogen and oxygen atoms in total. The largest absolute Gasteiger partial charge is 0.497 e. The van der Waals surface area contributed by atoms with E-state index in [9.17, 15) is 9.59 Å². The highest BCUT2D eigenvalue weighted by molar-refractivity contribution is 5.95. The minimum atomic E-state index is -0.653. The maximum absolute atomic E-state index is 14.5. The number of unbranched alkanes of at least 4 members (excludes halogenated alkanes) is 2. The molecular weight excluding hydrogens is 619 g/mol. The van der Waals surface area contributed by atoms with Crippen molar-refractivity contribution >= 4 is 17.9 Å². The van der Waals surface area contributed by atoms with E-state index in [1.54, 1.807) is 24.2 Å². The number of hydrogen-bond acceptors (Lipinski definition) is 4. The van der Waals surface area contributed by atoms with Gasteiger partial charge in [-0.1, -0.05) is 131 Å². The Kier molecular flexibility index (Phi) is 15.8. The molecule has 1 aliphatic heterocycles. The molecule has 0 spiro atoms. The lowest BCUT2D eigenvalue weighted by Gasteiger charge is -2.39. The lowest BCUT2D eigenvalue weighted by molar-refractivity contribution is -0.145. The molecule has 1 aliphatic rings. The normalized spacial score (nSPS) is 13.7. The van der Waals surface area contributed by atoms with E-state index in [0.29, 0.717) is 26.1 Å². The second-order valence-corrected chi connectivity index (χ2v) is 12.6. The molecule has 264 valence electrons. The van der Waals surface area contributed by atoms with E-state index in [2.05, 4.69) is 60.4 Å². The number of nitrogens with zero attached hydrogens (tertiary/aromatic N) is 3. The molecule has 1 saturated heterocycles. The van der Waals surface area contributed by atoms with E-state index >= 15 is 0 Å². The average molecular weight is 674 g/mol. The summed E-state index contributed by atoms with van der Waals surface area (Å²) in [5, 5.41) is 0. The third-order valence-corrected chi connectivity index (χ3v) is 9.11. The number of amides is 2. The van der Waals surface area contributed by atoms with Gasteiger partial charge in [0.1, 0.15) is 11.8 Å². The van der Waals surface area contributed by atoms with Gasteiger partial charge >= 0.3 is 0 Å². The number of carbonyl (C=O) groups is 2. The summed E-state index contributed by atoms with van der Waals surface area (Å²) in [6.07, 6.45) is 8.47. The summed E-state index contributed by atoms with van der Waals surface area (Å²) in [4.78, 5) is 34.9. The number of hydrogen-bond donors (Lipinski definition) is 0. The monoisotopic (exact) mass is 673 g/mol. The molecule has 0 aromatic heterocycles. The Bertz CT molecular complexity index is 1600. The van der Waals surface area contributed by atoms with Crippen molar-refractivity contribution in [3.63, 3.8) is 0 Å². The van der Waals surface area contributed by atoms with Crippen LogP contribution in [0.5, 0.6) is 5.75 Å². The number of aryl methyl sites for hydroxylation is 1. The first kappa shape index (κ1) is 38.1. The lowest BCUT2D eigenvalue weighted by Crippen LogP contribution is -2.56. The van der Waals surface area contributed by atoms with Gasteiger partial charge in [-0.3, -0.25) is 14.5 Å². The second-order valence-electron chi connectivity index (χ2n) is 12.6. The van der Waals surface area contributed by atoms with Crippen LogP contribution in [0.15, 0.2) is 115 Å². The number of piperazine rings is 1. The van der Waals surface area contributed by atoms with Crippen molar-refractivity contribution in [2.24, 2.45) is 0 Å². The molecule has 4 aromatic rings. The van der Waals surface area contributed by atoms with E-state index < -0.39 is 6.04 Å². The fourth-order valence-corrected chi connectivity index (χ4v) is 6.28. The zero-order chi connectivity index (χ0) is 35.6. The van der Waals surface area contributed by atoms with Crippen LogP contribution in [0.25, 0.3) is 6.08 Å². The zero-order valence-corrected chi connectivity index (χ0v) is 30.5. The van der Waals surface area contributed by atoms with Crippen LogP contribution in [0, 0.1) is 0 Å². The van der Waals surface area contributed by atoms with Crippen LogP contribution in [0.4, 0.5) is 0 Å². The van der Waals surface area contributed by atoms with Gasteiger partial charge in [0.05, 0.1) is 7.11 Å². The lowest BCUT2D eigenvalue weighted by atomic mass is 10.0. The summed E-state index contributed by atoms with van der Waals surface area (Å²) >= 11 is 0. The predicted molar refractivity (Wildman–Crippen MR) is 206 cm³/mol. The first-order valence-electron chi connectivity index (χ1n) is 18.3. The van der Waals surface area contributed by atoms with Gasteiger partial charge in [0.15, 0.2) is 0 Å². The molecule has 0 unspecified atom stereocenters. The maximum Gasteiger partial charge on any atom is 0.247 e. The number of carbonyl (C=O) groups excluding carboxylic acids is 2. The topological polar surface area (TPSA) is 53.1 Å². The molecule has 0 saturated carbocycles. The quantitative estimate of drug-likeness (QED) is 0.0939. The first-order chi connectivity index (χ1) is 24.5. The minimum Gasteiger partial charge on any atom is -0.497 e. The van der Waals surface area contributed by atoms with Crippen molar-refractivity contribution in [3.8, 4) is 5.75 Å². The fraction of sp³-hybridized carbons (Fsp3) is 0.364. The molecule has 0 bridgehead atoms. The van der Waals surface area contributed by atoms with E-state index in [-0.39, 0.29) is 11.8 Å². The maximum atomic E-state index is 14.5. The molecule has 4 aromatic carbocycles. The van der Waals surface area contributed by atoms with Gasteiger partial charge in [-0.15, -0.1) is 0 Å². The smallest absolute Gasteiger partial charge is 0.247 e. The van der Waals surface area contributed by atoms with Crippen LogP contribution < -0.4 is 4.74 Å². The van der Waals surface area contributed by atoms with Gasteiger partial charge in [-0.2, -0.15) is 0 Å². The summed E-state index contributed by atoms with van der Waals surface area (Å²) in [5.41, 5.74) is 5.47. The molecular formula is C44H55N3O3. The van der Waals surface area contributed by atoms with Crippen LogP contribution in [0.2, 0.25) is 0 Å². The molecule has 6 heteroatoms. The zero-order valence-electron chi connectivity index (χ0n) is 30.5. The SMILES string of the molecule is CC.CCCCCc1ccc(CN(C(=O)/C=C/c2cccc(OC)c2)[C@@H](Cc2ccccc2)C(=O)N2CCN(Cc3ccccc3)CC2)cc1. The Morgan fingerprint density at radius 3 is 2.04 bits per heavy atom. The first-order valence-corrected chi connectivity index (χ1v) is 18.3. The van der Waals surface area contributed by atoms with E-state index in [1.165, 1.54) is 30.4 Å². The van der Waals surface area contributed by atoms with Crippen molar-refractivity contribution in [2.45, 2.75) is 72.0 Å². The van der Waals surface area contributed by atoms with Crippen molar-refractivity contribution < 1.29 is 14.3 Å². The number of rotatable bonds is 15. The summed E-state index contributed by atoms with van der Waals surface area (Å²) in [6.45, 7) is 10.3. The van der Waals surface area contributed by atoms with Gasteiger partial charge in [0.25, 0.3) is 0 Å². The molecule has 2 amide bonds. The Balaban J connectivity index is 0.00000276. The molecule has 1 heterocycles. The van der Waals surface area contributed by atoms with Crippen LogP contribution in [-0.4, -0.2) is 65.8 Å². The highest BCUT2D eigenvalue weighted by Crippen LogP contribution is 2.21. The van der Waals surface area contributed by atoms with Crippen molar-refractivity contribution in [1.29, 1.82) is 0 Å². The summed E-state index contributed by atoms with van der Waals surface area (Å²) in [5.74, 6) is 0.531. The van der Waals surface area contributed by atoms with Gasteiger partial charge in [-0.25, -0.2) is 0 Å². The number of benzene rings is 4. The molecule has 1 fully saturated rings. The number of ether oxygens (including phenoxy) is 1. The standard InChI is InChI=1S/C42H49N3O3.C2H6/c1-3-4-7-13-34-20-22-38(23-21-34)33-45(41(46)25-24-36-18-12-19-39(30-36)48-2)40(31-35-14-8-5-9-15-35)42(47)44-28-26-43(27-29-44)32-37-16-10-6-11-17-37;1-2/h5-6,8-12,14-25,30,40H,3-4,7,13,26-29,31-33H2,1-2H3;1-2H3/b25-24+;/t40-;/m0./s1. The van der Waals surface area contributed by atoms with Crippen molar-refractivity contribution in [2.75, 3.05) is 33.3 Å². The van der Waals surface area contributed by atoms with Crippen LogP contribution in [0.3, 0.4) is 0 Å². The summed E-state index contributed by atoms with van der Waals surface area (Å²) in [6, 6.07) is 36.0. The van der Waals surface area contributed by atoms with Gasteiger partial charge in [0, 0.05) is 51.8 Å². The predicted octanol–water partition coefficient (Wildman–Crippen LogP) is 8.45. The highest BCUT2D eigenvalue weighted by Gasteiger charge is 2.34. The molecule has 5 rings (SSSR count). The van der Waals surface area contributed by atoms with E-state index in [0.717, 1.165) is 48.5 Å². The number of methoxy groups -OCH3 is 1. The van der Waals surface area contributed by atoms with E-state index in [1.807, 2.05) is 79.4 Å². The van der Waals surface area contributed by atoms with Gasteiger partial charge in [0.2, 0.25) is 11.8 Å². The molecule has 50 heavy (non-hydrogen) atoms. The summed E-state index contributed by atoms with van der Waals surface area (Å²) < 4.78 is 5.39. The third kappa shape index (κ3) is 11.7. The van der Waals surface area contributed by atoms with E-state index in [4.69, 9.17) is 4.74 Å². The molecule has 1 atom stereocenters. The summed E-state index contributed by atoms with van der Waals surface area (Å²) in [7, 11) is 1.63. The minimum absolute atomic E-state index is 0.00229. The molecule has 0 N–H and O–H groups in total. The molecule has 0 aliphatic carbocycles. The Hall–Kier alpha value is -4.68. The van der Waals surface area contributed by atoms with Crippen LogP contribution in [0.1, 0.15) is 67.9 Å². The van der Waals surface area contributed by atoms with Crippen LogP contribution in [-0.2, 0) is 35.5 Å². The molecule has 0 radical (unpaired) electrons. The van der Waals surface area contributed by atoms with Gasteiger partial charge < -0.3 is 14.5 Å². The average Bonchev–Trinajstić information content (AvgIpc) is 3.17. The Morgan fingerprint density at radius 2 is 1.40 bits per heavy atom. The fourth-order valence-electron chi connectivity index (χ4n) is 6.28. The Morgan fingerprint density at radius 1 is 0.760 bits per heavy atom. The van der Waals surface area contributed by atoms with Gasteiger partial charge in [-0.05, 0) is 58.9 Å². The van der Waals surface area contributed by atoms with Crippen LogP contribution >= 0.6 is 0 Å². The third-order valence-electron chi connectivity index (χ3n) is 9.11. The Labute approximate surface area is 300 Å². The van der Waals surface area contributed by atoms with Crippen molar-refractivity contribution in [1.82, 2.24) is 14.7 Å². The second kappa shape index (κ2) is 20.7. The highest BCUT2D eigenvalue weighted by atomic mass is 16.5. The van der Waals surface area contributed by atoms with Crippen molar-refractivity contribution in [3.05, 3.63) is 143 Å².